The van der Waals surface area contributed by atoms with Crippen molar-refractivity contribution in [2.24, 2.45) is 0 Å². The Bertz CT molecular complexity index is 682. The molecule has 1 atom stereocenters. The van der Waals surface area contributed by atoms with E-state index in [1.807, 2.05) is 0 Å². The van der Waals surface area contributed by atoms with Gasteiger partial charge in [-0.15, -0.1) is 0 Å². The fourth-order valence-electron chi connectivity index (χ4n) is 2.07. The quantitative estimate of drug-likeness (QED) is 0.875. The van der Waals surface area contributed by atoms with E-state index >= 15 is 0 Å². The Balaban J connectivity index is 2.21. The zero-order valence-corrected chi connectivity index (χ0v) is 12.7. The van der Waals surface area contributed by atoms with E-state index in [-0.39, 0.29) is 17.9 Å². The number of anilines is 1. The first-order valence-electron chi connectivity index (χ1n) is 6.28. The van der Waals surface area contributed by atoms with Crippen LogP contribution in [0.4, 0.5) is 5.69 Å². The van der Waals surface area contributed by atoms with Gasteiger partial charge in [0.2, 0.25) is 10.0 Å². The van der Waals surface area contributed by atoms with Gasteiger partial charge in [-0.05, 0) is 25.5 Å². The molecule has 1 heterocycles. The number of para-hydroxylation sites is 2. The number of sulfone groups is 1. The molecule has 2 rings (SSSR count). The van der Waals surface area contributed by atoms with E-state index in [4.69, 9.17) is 4.74 Å². The topological polar surface area (TPSA) is 89.5 Å². The lowest BCUT2D eigenvalue weighted by Crippen LogP contribution is -2.29. The van der Waals surface area contributed by atoms with Gasteiger partial charge >= 0.3 is 0 Å². The van der Waals surface area contributed by atoms with Crippen LogP contribution in [0.1, 0.15) is 13.3 Å². The van der Waals surface area contributed by atoms with Crippen molar-refractivity contribution in [2.75, 3.05) is 22.8 Å². The second kappa shape index (κ2) is 5.61. The second-order valence-corrected chi connectivity index (χ2v) is 8.79. The van der Waals surface area contributed by atoms with E-state index in [9.17, 15) is 16.8 Å². The molecule has 20 heavy (non-hydrogen) atoms. The van der Waals surface area contributed by atoms with Gasteiger partial charge in [0, 0.05) is 0 Å². The average Bonchev–Trinajstić information content (AvgIpc) is 2.73. The zero-order chi connectivity index (χ0) is 14.8. The monoisotopic (exact) mass is 319 g/mol. The molecule has 1 N–H and O–H groups in total. The highest BCUT2D eigenvalue weighted by atomic mass is 32.2. The zero-order valence-electron chi connectivity index (χ0n) is 11.1. The molecule has 0 aromatic heterocycles. The fraction of sp³-hybridized carbons (Fsp3) is 0.500. The lowest BCUT2D eigenvalue weighted by Gasteiger charge is -2.15. The Morgan fingerprint density at radius 1 is 1.35 bits per heavy atom. The Kier molecular flexibility index (Phi) is 4.24. The van der Waals surface area contributed by atoms with Crippen LogP contribution in [0, 0.1) is 0 Å². The van der Waals surface area contributed by atoms with Crippen LogP contribution in [-0.2, 0) is 19.9 Å². The molecule has 1 aliphatic rings. The van der Waals surface area contributed by atoms with Crippen molar-refractivity contribution in [2.45, 2.75) is 18.6 Å². The Labute approximate surface area is 119 Å². The van der Waals surface area contributed by atoms with Crippen LogP contribution in [0.3, 0.4) is 0 Å². The fourth-order valence-corrected chi connectivity index (χ4v) is 6.18. The summed E-state index contributed by atoms with van der Waals surface area (Å²) in [5.74, 6) is 0.0320. The predicted molar refractivity (Wildman–Crippen MR) is 77.2 cm³/mol. The summed E-state index contributed by atoms with van der Waals surface area (Å²) in [6, 6.07) is 6.67. The largest absolute Gasteiger partial charge is 0.492 e. The molecule has 1 saturated heterocycles. The van der Waals surface area contributed by atoms with Gasteiger partial charge in [-0.1, -0.05) is 12.1 Å². The maximum atomic E-state index is 12.2. The molecule has 6 nitrogen and oxygen atoms in total. The molecule has 1 aromatic carbocycles. The molecular weight excluding hydrogens is 302 g/mol. The molecule has 0 saturated carbocycles. The predicted octanol–water partition coefficient (Wildman–Crippen LogP) is 1.01. The van der Waals surface area contributed by atoms with Crippen LogP contribution in [0.2, 0.25) is 0 Å². The number of benzene rings is 1. The summed E-state index contributed by atoms with van der Waals surface area (Å²) in [5.41, 5.74) is 0.332. The number of hydrogen-bond acceptors (Lipinski definition) is 5. The third-order valence-corrected chi connectivity index (χ3v) is 6.83. The van der Waals surface area contributed by atoms with Gasteiger partial charge in [-0.25, -0.2) is 16.8 Å². The lowest BCUT2D eigenvalue weighted by molar-refractivity contribution is 0.342. The highest BCUT2D eigenvalue weighted by Crippen LogP contribution is 2.27. The van der Waals surface area contributed by atoms with Crippen LogP contribution >= 0.6 is 0 Å². The third-order valence-electron chi connectivity index (χ3n) is 3.07. The van der Waals surface area contributed by atoms with Gasteiger partial charge in [0.05, 0.1) is 29.0 Å². The molecule has 8 heteroatoms. The molecule has 0 bridgehead atoms. The minimum atomic E-state index is -3.73. The van der Waals surface area contributed by atoms with Crippen LogP contribution in [0.15, 0.2) is 24.3 Å². The van der Waals surface area contributed by atoms with Crippen molar-refractivity contribution in [3.63, 3.8) is 0 Å². The molecule has 0 aliphatic carbocycles. The highest BCUT2D eigenvalue weighted by molar-refractivity contribution is 7.97. The minimum absolute atomic E-state index is 0.0777. The van der Waals surface area contributed by atoms with E-state index in [1.54, 1.807) is 31.2 Å². The Morgan fingerprint density at radius 2 is 2.05 bits per heavy atom. The lowest BCUT2D eigenvalue weighted by atomic mass is 10.3. The Hall–Kier alpha value is -1.28. The van der Waals surface area contributed by atoms with E-state index < -0.39 is 25.1 Å². The maximum absolute atomic E-state index is 12.2. The maximum Gasteiger partial charge on any atom is 0.236 e. The molecule has 1 fully saturated rings. The summed E-state index contributed by atoms with van der Waals surface area (Å²) in [6.45, 7) is 2.21. The van der Waals surface area contributed by atoms with Gasteiger partial charge in [0.15, 0.2) is 9.84 Å². The van der Waals surface area contributed by atoms with Gasteiger partial charge in [-0.3, -0.25) is 4.72 Å². The van der Waals surface area contributed by atoms with Gasteiger partial charge in [0.1, 0.15) is 5.75 Å². The summed E-state index contributed by atoms with van der Waals surface area (Å²) in [6.07, 6.45) is 0.133. The summed E-state index contributed by atoms with van der Waals surface area (Å²) in [5, 5.41) is -0.901. The number of sulfonamides is 1. The average molecular weight is 319 g/mol. The van der Waals surface area contributed by atoms with E-state index in [2.05, 4.69) is 4.72 Å². The molecule has 1 aromatic rings. The van der Waals surface area contributed by atoms with Gasteiger partial charge < -0.3 is 4.74 Å². The molecule has 1 aliphatic heterocycles. The SMILES string of the molecule is CCOc1ccccc1NS(=O)(=O)C1CCS(=O)(=O)C1. The van der Waals surface area contributed by atoms with Crippen molar-refractivity contribution < 1.29 is 21.6 Å². The molecule has 112 valence electrons. The van der Waals surface area contributed by atoms with E-state index in [0.717, 1.165) is 0 Å². The number of hydrogen-bond donors (Lipinski definition) is 1. The molecule has 0 radical (unpaired) electrons. The highest BCUT2D eigenvalue weighted by Gasteiger charge is 2.37. The van der Waals surface area contributed by atoms with E-state index in [0.29, 0.717) is 18.0 Å². The van der Waals surface area contributed by atoms with Crippen molar-refractivity contribution in [1.82, 2.24) is 0 Å². The van der Waals surface area contributed by atoms with Crippen molar-refractivity contribution >= 4 is 25.5 Å². The first-order chi connectivity index (χ1) is 9.34. The van der Waals surface area contributed by atoms with Crippen LogP contribution in [0.25, 0.3) is 0 Å². The molecular formula is C12H17NO5S2. The minimum Gasteiger partial charge on any atom is -0.492 e. The van der Waals surface area contributed by atoms with Crippen molar-refractivity contribution in [1.29, 1.82) is 0 Å². The van der Waals surface area contributed by atoms with Gasteiger partial charge in [0.25, 0.3) is 0 Å². The number of ether oxygens (including phenoxy) is 1. The molecule has 0 amide bonds. The number of rotatable bonds is 5. The van der Waals surface area contributed by atoms with Crippen molar-refractivity contribution in [3.05, 3.63) is 24.3 Å². The molecule has 1 unspecified atom stereocenters. The number of nitrogens with one attached hydrogen (secondary N) is 1. The standard InChI is InChI=1S/C12H17NO5S2/c1-2-18-12-6-4-3-5-11(12)13-20(16,17)10-7-8-19(14,15)9-10/h3-6,10,13H,2,7-9H2,1H3. The van der Waals surface area contributed by atoms with Crippen LogP contribution in [-0.4, -0.2) is 40.2 Å². The first kappa shape index (κ1) is 15.1. The first-order valence-corrected chi connectivity index (χ1v) is 9.65. The summed E-state index contributed by atoms with van der Waals surface area (Å²) in [4.78, 5) is 0. The van der Waals surface area contributed by atoms with Crippen molar-refractivity contribution in [3.8, 4) is 5.75 Å². The second-order valence-electron chi connectivity index (χ2n) is 4.60. The summed E-state index contributed by atoms with van der Waals surface area (Å²) in [7, 11) is -6.98. The smallest absolute Gasteiger partial charge is 0.236 e. The summed E-state index contributed by atoms with van der Waals surface area (Å²) >= 11 is 0. The Morgan fingerprint density at radius 3 is 2.65 bits per heavy atom. The normalized spacial score (nSPS) is 21.6. The van der Waals surface area contributed by atoms with Crippen LogP contribution < -0.4 is 9.46 Å². The van der Waals surface area contributed by atoms with Gasteiger partial charge in [-0.2, -0.15) is 0 Å². The molecule has 0 spiro atoms. The summed E-state index contributed by atoms with van der Waals surface area (Å²) < 4.78 is 55.0. The third kappa shape index (κ3) is 3.43. The van der Waals surface area contributed by atoms with Crippen LogP contribution in [0.5, 0.6) is 5.75 Å². The van der Waals surface area contributed by atoms with E-state index in [1.165, 1.54) is 0 Å².